The number of nitrogens with zero attached hydrogens (tertiary/aromatic N) is 3. The van der Waals surface area contributed by atoms with Crippen LogP contribution in [0, 0.1) is 0 Å². The van der Waals surface area contributed by atoms with Gasteiger partial charge in [0, 0.05) is 26.7 Å². The van der Waals surface area contributed by atoms with E-state index in [0.717, 1.165) is 36.5 Å². The van der Waals surface area contributed by atoms with Gasteiger partial charge >= 0.3 is 0 Å². The Morgan fingerprint density at radius 2 is 2.04 bits per heavy atom. The van der Waals surface area contributed by atoms with Crippen LogP contribution >= 0.6 is 11.8 Å². The molecule has 1 aromatic carbocycles. The number of rotatable bonds is 10. The third kappa shape index (κ3) is 5.27. The fourth-order valence-electron chi connectivity index (χ4n) is 2.65. The van der Waals surface area contributed by atoms with E-state index in [1.807, 2.05) is 13.8 Å². The number of nitrogens with one attached hydrogen (secondary N) is 1. The lowest BCUT2D eigenvalue weighted by Gasteiger charge is -2.12. The molecule has 28 heavy (non-hydrogen) atoms. The third-order valence-corrected chi connectivity index (χ3v) is 7.34. The lowest BCUT2D eigenvalue weighted by Crippen LogP contribution is -2.33. The van der Waals surface area contributed by atoms with Gasteiger partial charge in [0.05, 0.1) is 21.7 Å². The number of sulfonamides is 1. The summed E-state index contributed by atoms with van der Waals surface area (Å²) in [4.78, 5) is 17.0. The van der Waals surface area contributed by atoms with Crippen LogP contribution < -0.4 is 5.32 Å². The molecule has 7 nitrogen and oxygen atoms in total. The molecule has 1 N–H and O–H groups in total. The highest BCUT2D eigenvalue weighted by molar-refractivity contribution is 7.99. The van der Waals surface area contributed by atoms with Crippen molar-refractivity contribution in [3.8, 4) is 0 Å². The second-order valence-corrected chi connectivity index (χ2v) is 10.1. The molecule has 0 bridgehead atoms. The second-order valence-electron chi connectivity index (χ2n) is 7.00. The van der Waals surface area contributed by atoms with E-state index >= 15 is 0 Å². The van der Waals surface area contributed by atoms with Crippen molar-refractivity contribution in [2.75, 3.05) is 19.8 Å². The lowest BCUT2D eigenvalue weighted by molar-refractivity contribution is -0.119. The fraction of sp³-hybridized carbons (Fsp3) is 0.579. The SMILES string of the molecule is CCCCn1c(SCC(=O)NC(C)CC)nc2cc(S(=O)(=O)N(C)C)ccc21. The van der Waals surface area contributed by atoms with Crippen LogP contribution in [0.1, 0.15) is 40.0 Å². The first-order valence-electron chi connectivity index (χ1n) is 9.55. The van der Waals surface area contributed by atoms with Crippen LogP contribution in [0.4, 0.5) is 0 Å². The fourth-order valence-corrected chi connectivity index (χ4v) is 4.42. The molecule has 0 radical (unpaired) electrons. The summed E-state index contributed by atoms with van der Waals surface area (Å²) in [5.74, 6) is 0.257. The van der Waals surface area contributed by atoms with Gasteiger partial charge in [-0.15, -0.1) is 0 Å². The van der Waals surface area contributed by atoms with E-state index in [1.54, 1.807) is 18.2 Å². The maximum absolute atomic E-state index is 12.4. The van der Waals surface area contributed by atoms with Gasteiger partial charge in [0.15, 0.2) is 5.16 Å². The van der Waals surface area contributed by atoms with Crippen molar-refractivity contribution in [3.05, 3.63) is 18.2 Å². The van der Waals surface area contributed by atoms with Crippen LogP contribution in [0.15, 0.2) is 28.3 Å². The number of hydrogen-bond donors (Lipinski definition) is 1. The standard InChI is InChI=1S/C19H30N4O3S2/c1-6-8-11-23-17-10-9-15(28(25,26)22(4)5)12-16(17)21-19(23)27-13-18(24)20-14(3)7-2/h9-10,12,14H,6-8,11,13H2,1-5H3,(H,20,24). The molecule has 1 amide bonds. The summed E-state index contributed by atoms with van der Waals surface area (Å²) < 4.78 is 28.1. The zero-order chi connectivity index (χ0) is 20.9. The molecule has 0 aliphatic heterocycles. The molecule has 156 valence electrons. The molecule has 1 atom stereocenters. The van der Waals surface area contributed by atoms with E-state index < -0.39 is 10.0 Å². The summed E-state index contributed by atoms with van der Waals surface area (Å²) >= 11 is 1.38. The first kappa shape index (κ1) is 22.7. The minimum atomic E-state index is -3.52. The highest BCUT2D eigenvalue weighted by Crippen LogP contribution is 2.27. The molecule has 0 spiro atoms. The topological polar surface area (TPSA) is 84.3 Å². The van der Waals surface area contributed by atoms with Gasteiger partial charge in [-0.2, -0.15) is 0 Å². The number of carbonyl (C=O) groups is 1. The number of imidazole rings is 1. The van der Waals surface area contributed by atoms with E-state index in [2.05, 4.69) is 21.8 Å². The summed E-state index contributed by atoms with van der Waals surface area (Å²) in [6.07, 6.45) is 2.90. The molecule has 0 saturated heterocycles. The van der Waals surface area contributed by atoms with Crippen molar-refractivity contribution in [3.63, 3.8) is 0 Å². The van der Waals surface area contributed by atoms with Crippen molar-refractivity contribution >= 4 is 38.7 Å². The highest BCUT2D eigenvalue weighted by Gasteiger charge is 2.20. The lowest BCUT2D eigenvalue weighted by atomic mass is 10.3. The number of aromatic nitrogens is 2. The van der Waals surface area contributed by atoms with Crippen molar-refractivity contribution in [1.29, 1.82) is 0 Å². The average Bonchev–Trinajstić information content (AvgIpc) is 3.00. The Balaban J connectivity index is 2.34. The van der Waals surface area contributed by atoms with Gasteiger partial charge in [-0.05, 0) is 38.0 Å². The van der Waals surface area contributed by atoms with Crippen LogP contribution in [0.3, 0.4) is 0 Å². The molecule has 9 heteroatoms. The summed E-state index contributed by atoms with van der Waals surface area (Å²) in [6.45, 7) is 6.91. The Bertz CT molecular complexity index is 923. The number of carbonyl (C=O) groups excluding carboxylic acids is 1. The average molecular weight is 427 g/mol. The van der Waals surface area contributed by atoms with E-state index in [0.29, 0.717) is 5.52 Å². The number of fused-ring (bicyclic) bond motifs is 1. The molecule has 1 aromatic heterocycles. The molecular weight excluding hydrogens is 396 g/mol. The summed E-state index contributed by atoms with van der Waals surface area (Å²) in [5, 5.41) is 3.69. The van der Waals surface area contributed by atoms with Crippen LogP contribution in [-0.4, -0.2) is 54.1 Å². The number of amides is 1. The Morgan fingerprint density at radius 1 is 1.32 bits per heavy atom. The normalized spacial score (nSPS) is 13.2. The van der Waals surface area contributed by atoms with Crippen LogP contribution in [0.5, 0.6) is 0 Å². The predicted molar refractivity (Wildman–Crippen MR) is 114 cm³/mol. The highest BCUT2D eigenvalue weighted by atomic mass is 32.2. The first-order valence-corrected chi connectivity index (χ1v) is 12.0. The summed E-state index contributed by atoms with van der Waals surface area (Å²) in [6, 6.07) is 5.17. The number of aryl methyl sites for hydroxylation is 1. The van der Waals surface area contributed by atoms with Gasteiger partial charge < -0.3 is 9.88 Å². The molecule has 0 aliphatic rings. The molecule has 0 aliphatic carbocycles. The molecule has 2 aromatic rings. The first-order chi connectivity index (χ1) is 13.2. The van der Waals surface area contributed by atoms with Gasteiger partial charge in [-0.3, -0.25) is 4.79 Å². The Labute approximate surface area is 171 Å². The van der Waals surface area contributed by atoms with Crippen molar-refractivity contribution in [2.45, 2.75) is 62.7 Å². The number of thioether (sulfide) groups is 1. The number of hydrogen-bond acceptors (Lipinski definition) is 5. The largest absolute Gasteiger partial charge is 0.353 e. The molecule has 1 unspecified atom stereocenters. The predicted octanol–water partition coefficient (Wildman–Crippen LogP) is 3.09. The van der Waals surface area contributed by atoms with Crippen molar-refractivity contribution in [2.24, 2.45) is 0 Å². The maximum atomic E-state index is 12.4. The molecular formula is C19H30N4O3S2. The van der Waals surface area contributed by atoms with Gasteiger partial charge in [0.1, 0.15) is 0 Å². The van der Waals surface area contributed by atoms with Crippen molar-refractivity contribution in [1.82, 2.24) is 19.2 Å². The quantitative estimate of drug-likeness (QED) is 0.590. The van der Waals surface area contributed by atoms with Gasteiger partial charge in [-0.25, -0.2) is 17.7 Å². The molecule has 0 saturated carbocycles. The van der Waals surface area contributed by atoms with E-state index in [4.69, 9.17) is 0 Å². The van der Waals surface area contributed by atoms with Crippen LogP contribution in [0.25, 0.3) is 11.0 Å². The molecule has 1 heterocycles. The summed E-state index contributed by atoms with van der Waals surface area (Å²) in [5.41, 5.74) is 1.51. The van der Waals surface area contributed by atoms with E-state index in [-0.39, 0.29) is 22.6 Å². The minimum Gasteiger partial charge on any atom is -0.353 e. The Hall–Kier alpha value is -1.58. The number of unbranched alkanes of at least 4 members (excludes halogenated alkanes) is 1. The van der Waals surface area contributed by atoms with Crippen LogP contribution in [-0.2, 0) is 21.4 Å². The van der Waals surface area contributed by atoms with Gasteiger partial charge in [0.2, 0.25) is 15.9 Å². The van der Waals surface area contributed by atoms with Gasteiger partial charge in [0.25, 0.3) is 0 Å². The Kier molecular flexibility index (Phi) is 7.91. The smallest absolute Gasteiger partial charge is 0.242 e. The van der Waals surface area contributed by atoms with Crippen molar-refractivity contribution < 1.29 is 13.2 Å². The van der Waals surface area contributed by atoms with Gasteiger partial charge in [-0.1, -0.05) is 32.0 Å². The maximum Gasteiger partial charge on any atom is 0.242 e. The molecule has 0 fully saturated rings. The second kappa shape index (κ2) is 9.76. The Morgan fingerprint density at radius 3 is 2.64 bits per heavy atom. The monoisotopic (exact) mass is 426 g/mol. The molecule has 2 rings (SSSR count). The zero-order valence-electron chi connectivity index (χ0n) is 17.2. The third-order valence-electron chi connectivity index (χ3n) is 4.55. The minimum absolute atomic E-state index is 0.0238. The van der Waals surface area contributed by atoms with E-state index in [9.17, 15) is 13.2 Å². The summed E-state index contributed by atoms with van der Waals surface area (Å²) in [7, 11) is -0.497. The van der Waals surface area contributed by atoms with Crippen LogP contribution in [0.2, 0.25) is 0 Å². The number of benzene rings is 1. The van der Waals surface area contributed by atoms with E-state index in [1.165, 1.54) is 30.2 Å². The zero-order valence-corrected chi connectivity index (χ0v) is 18.9.